The van der Waals surface area contributed by atoms with Crippen molar-refractivity contribution in [1.82, 2.24) is 5.32 Å². The minimum Gasteiger partial charge on any atom is -0.464 e. The number of rotatable bonds is 14. The molecule has 0 bridgehead atoms. The second-order valence-electron chi connectivity index (χ2n) is 9.19. The zero-order valence-corrected chi connectivity index (χ0v) is 19.1. The Morgan fingerprint density at radius 1 is 1.14 bits per heavy atom. The molecule has 1 amide bonds. The molecule has 0 aliphatic heterocycles. The molecule has 1 N–H and O–H groups in total. The van der Waals surface area contributed by atoms with Crippen molar-refractivity contribution < 1.29 is 19.1 Å². The molecule has 0 saturated heterocycles. The third kappa shape index (κ3) is 12.9. The van der Waals surface area contributed by atoms with Gasteiger partial charge in [0.15, 0.2) is 0 Å². The van der Waals surface area contributed by atoms with Crippen molar-refractivity contribution >= 4 is 18.1 Å². The van der Waals surface area contributed by atoms with Crippen molar-refractivity contribution in [2.75, 3.05) is 33.4 Å². The molecule has 28 heavy (non-hydrogen) atoms. The molecule has 0 fully saturated rings. The molecule has 0 aliphatic carbocycles. The second-order valence-corrected chi connectivity index (χ2v) is 9.19. The van der Waals surface area contributed by atoms with Gasteiger partial charge in [0.1, 0.15) is 6.54 Å². The Morgan fingerprint density at radius 3 is 2.39 bits per heavy atom. The lowest BCUT2D eigenvalue weighted by atomic mass is 9.77. The van der Waals surface area contributed by atoms with Crippen molar-refractivity contribution in [1.29, 1.82) is 0 Å². The zero-order chi connectivity index (χ0) is 21.6. The zero-order valence-electron chi connectivity index (χ0n) is 19.1. The highest BCUT2D eigenvalue weighted by molar-refractivity contribution is 5.79. The summed E-state index contributed by atoms with van der Waals surface area (Å²) in [7, 11) is 1.71. The van der Waals surface area contributed by atoms with Gasteiger partial charge in [0.2, 0.25) is 5.91 Å². The van der Waals surface area contributed by atoms with Crippen LogP contribution in [0.4, 0.5) is 0 Å². The average Bonchev–Trinajstić information content (AvgIpc) is 2.59. The monoisotopic (exact) mass is 398 g/mol. The third-order valence-electron chi connectivity index (χ3n) is 4.72. The van der Waals surface area contributed by atoms with Gasteiger partial charge in [-0.05, 0) is 49.7 Å². The number of methoxy groups -OCH3 is 1. The van der Waals surface area contributed by atoms with Crippen LogP contribution in [0.15, 0.2) is 4.99 Å². The maximum absolute atomic E-state index is 12.2. The number of ether oxygens (including phenoxy) is 2. The molecule has 0 radical (unpaired) electrons. The SMILES string of the molecule is CCNC(=O)C(CCC=NCC(=O)OCC(C)(C)CCCCOC)C(C)(C)C. The Bertz CT molecular complexity index is 481. The van der Waals surface area contributed by atoms with Crippen LogP contribution in [0.25, 0.3) is 0 Å². The number of nitrogens with one attached hydrogen (secondary N) is 1. The van der Waals surface area contributed by atoms with Crippen LogP contribution in [0, 0.1) is 16.7 Å². The lowest BCUT2D eigenvalue weighted by Gasteiger charge is -2.29. The van der Waals surface area contributed by atoms with Gasteiger partial charge in [-0.2, -0.15) is 0 Å². The topological polar surface area (TPSA) is 77.0 Å². The van der Waals surface area contributed by atoms with E-state index in [0.717, 1.165) is 25.9 Å². The highest BCUT2D eigenvalue weighted by Crippen LogP contribution is 2.29. The highest BCUT2D eigenvalue weighted by atomic mass is 16.5. The van der Waals surface area contributed by atoms with Crippen molar-refractivity contribution in [2.45, 2.75) is 73.6 Å². The molecule has 0 aromatic carbocycles. The van der Waals surface area contributed by atoms with Crippen LogP contribution >= 0.6 is 0 Å². The van der Waals surface area contributed by atoms with E-state index in [0.29, 0.717) is 26.0 Å². The number of hydrogen-bond donors (Lipinski definition) is 1. The fourth-order valence-corrected chi connectivity index (χ4v) is 2.97. The number of amides is 1. The molecule has 0 heterocycles. The van der Waals surface area contributed by atoms with Gasteiger partial charge >= 0.3 is 5.97 Å². The third-order valence-corrected chi connectivity index (χ3v) is 4.72. The number of hydrogen-bond acceptors (Lipinski definition) is 5. The maximum atomic E-state index is 12.2. The van der Waals surface area contributed by atoms with Crippen molar-refractivity contribution in [3.05, 3.63) is 0 Å². The first-order valence-electron chi connectivity index (χ1n) is 10.4. The Labute approximate surface area is 171 Å². The Balaban J connectivity index is 4.20. The minimum absolute atomic E-state index is 0.0289. The standard InChI is InChI=1S/C22H42N2O4/c1-8-24-20(26)18(21(2,3)4)12-11-14-23-16-19(25)28-17-22(5,6)13-9-10-15-27-7/h14,18H,8-13,15-17H2,1-7H3,(H,24,26). The molecule has 6 heteroatoms. The van der Waals surface area contributed by atoms with E-state index in [2.05, 4.69) is 44.9 Å². The number of aliphatic imine (C=N–C) groups is 1. The Morgan fingerprint density at radius 2 is 1.82 bits per heavy atom. The van der Waals surface area contributed by atoms with Crippen LogP contribution in [0.3, 0.4) is 0 Å². The quantitative estimate of drug-likeness (QED) is 0.272. The second kappa shape index (κ2) is 13.7. The molecule has 6 nitrogen and oxygen atoms in total. The summed E-state index contributed by atoms with van der Waals surface area (Å²) >= 11 is 0. The fraction of sp³-hybridized carbons (Fsp3) is 0.864. The molecule has 0 aromatic rings. The van der Waals surface area contributed by atoms with Crippen LogP contribution in [-0.4, -0.2) is 51.5 Å². The highest BCUT2D eigenvalue weighted by Gasteiger charge is 2.30. The number of unbranched alkanes of at least 4 members (excludes halogenated alkanes) is 1. The van der Waals surface area contributed by atoms with E-state index in [1.807, 2.05) is 6.92 Å². The van der Waals surface area contributed by atoms with E-state index < -0.39 is 0 Å². The first-order chi connectivity index (χ1) is 13.0. The summed E-state index contributed by atoms with van der Waals surface area (Å²) in [5.41, 5.74) is -0.152. The smallest absolute Gasteiger partial charge is 0.327 e. The van der Waals surface area contributed by atoms with E-state index in [1.54, 1.807) is 13.3 Å². The summed E-state index contributed by atoms with van der Waals surface area (Å²) in [5.74, 6) is -0.308. The molecule has 164 valence electrons. The molecule has 0 aromatic heterocycles. The van der Waals surface area contributed by atoms with Gasteiger partial charge < -0.3 is 14.8 Å². The summed E-state index contributed by atoms with van der Waals surface area (Å²) in [4.78, 5) is 28.3. The molecule has 0 saturated carbocycles. The van der Waals surface area contributed by atoms with Crippen LogP contribution in [0.2, 0.25) is 0 Å². The molecule has 0 aliphatic rings. The summed E-state index contributed by atoms with van der Waals surface area (Å²) in [6.07, 6.45) is 6.16. The van der Waals surface area contributed by atoms with Crippen molar-refractivity contribution in [2.24, 2.45) is 21.7 Å². The van der Waals surface area contributed by atoms with Crippen LogP contribution < -0.4 is 5.32 Å². The Kier molecular flexibility index (Phi) is 13.0. The van der Waals surface area contributed by atoms with Crippen LogP contribution in [0.5, 0.6) is 0 Å². The van der Waals surface area contributed by atoms with Crippen LogP contribution in [-0.2, 0) is 19.1 Å². The van der Waals surface area contributed by atoms with Gasteiger partial charge in [0.25, 0.3) is 0 Å². The van der Waals surface area contributed by atoms with E-state index in [1.165, 1.54) is 0 Å². The number of carbonyl (C=O) groups excluding carboxylic acids is 2. The summed E-state index contributed by atoms with van der Waals surface area (Å²) in [6, 6.07) is 0. The van der Waals surface area contributed by atoms with E-state index in [9.17, 15) is 9.59 Å². The lowest BCUT2D eigenvalue weighted by Crippen LogP contribution is -2.37. The van der Waals surface area contributed by atoms with E-state index in [-0.39, 0.29) is 35.2 Å². The number of esters is 1. The number of carbonyl (C=O) groups is 2. The molecular weight excluding hydrogens is 356 g/mol. The fourth-order valence-electron chi connectivity index (χ4n) is 2.97. The predicted octanol–water partition coefficient (Wildman–Crippen LogP) is 4.02. The minimum atomic E-state index is -0.308. The lowest BCUT2D eigenvalue weighted by molar-refractivity contribution is -0.145. The molecular formula is C22H42N2O4. The normalized spacial score (nSPS) is 13.5. The van der Waals surface area contributed by atoms with Gasteiger partial charge in [-0.25, -0.2) is 0 Å². The summed E-state index contributed by atoms with van der Waals surface area (Å²) < 4.78 is 10.4. The predicted molar refractivity (Wildman–Crippen MR) is 115 cm³/mol. The Hall–Kier alpha value is -1.43. The largest absolute Gasteiger partial charge is 0.464 e. The molecule has 0 rings (SSSR count). The van der Waals surface area contributed by atoms with E-state index >= 15 is 0 Å². The maximum Gasteiger partial charge on any atom is 0.327 e. The van der Waals surface area contributed by atoms with Gasteiger partial charge in [-0.15, -0.1) is 0 Å². The molecule has 0 spiro atoms. The summed E-state index contributed by atoms with van der Waals surface area (Å²) in [5, 5.41) is 2.90. The van der Waals surface area contributed by atoms with Gasteiger partial charge in [-0.3, -0.25) is 14.6 Å². The first kappa shape index (κ1) is 26.6. The van der Waals surface area contributed by atoms with Crippen molar-refractivity contribution in [3.63, 3.8) is 0 Å². The van der Waals surface area contributed by atoms with Gasteiger partial charge in [0, 0.05) is 26.2 Å². The van der Waals surface area contributed by atoms with Gasteiger partial charge in [-0.1, -0.05) is 41.0 Å². The van der Waals surface area contributed by atoms with E-state index in [4.69, 9.17) is 9.47 Å². The summed E-state index contributed by atoms with van der Waals surface area (Å²) in [6.45, 7) is 14.2. The first-order valence-corrected chi connectivity index (χ1v) is 10.4. The van der Waals surface area contributed by atoms with Crippen molar-refractivity contribution in [3.8, 4) is 0 Å². The molecule has 1 unspecified atom stereocenters. The van der Waals surface area contributed by atoms with Crippen LogP contribution in [0.1, 0.15) is 73.6 Å². The number of nitrogens with zero attached hydrogens (tertiary/aromatic N) is 1. The average molecular weight is 399 g/mol. The van der Waals surface area contributed by atoms with Gasteiger partial charge in [0.05, 0.1) is 6.61 Å². The molecule has 1 atom stereocenters.